The van der Waals surface area contributed by atoms with Gasteiger partial charge in [0.2, 0.25) is 5.76 Å². The Kier molecular flexibility index (Phi) is 4.15. The summed E-state index contributed by atoms with van der Waals surface area (Å²) in [6.07, 6.45) is 1.26. The number of aromatic nitrogens is 1. The molecule has 3 rings (SSSR count). The quantitative estimate of drug-likeness (QED) is 0.775. The largest absolute Gasteiger partial charge is 0.418 e. The average Bonchev–Trinajstić information content (AvgIpc) is 3.05. The highest BCUT2D eigenvalue weighted by molar-refractivity contribution is 6.04. The molecule has 2 aromatic carbocycles. The van der Waals surface area contributed by atoms with Gasteiger partial charge in [0, 0.05) is 11.3 Å². The lowest BCUT2D eigenvalue weighted by Gasteiger charge is -2.02. The molecule has 0 fully saturated rings. The molecule has 1 aromatic heterocycles. The van der Waals surface area contributed by atoms with Crippen LogP contribution in [0.1, 0.15) is 20.9 Å². The SMILES string of the molecule is O=C(Nc1ncc(C(=O)Nc2ccccc2)o1)c1ccccc1. The maximum absolute atomic E-state index is 12.0. The molecule has 114 valence electrons. The van der Waals surface area contributed by atoms with Crippen LogP contribution in [0.15, 0.2) is 71.3 Å². The number of para-hydroxylation sites is 1. The minimum atomic E-state index is -0.441. The molecule has 0 bridgehead atoms. The molecule has 2 N–H and O–H groups in total. The first-order valence-corrected chi connectivity index (χ1v) is 6.91. The summed E-state index contributed by atoms with van der Waals surface area (Å²) in [5.74, 6) is -0.788. The molecule has 0 unspecified atom stereocenters. The summed E-state index contributed by atoms with van der Waals surface area (Å²) in [5, 5.41) is 5.17. The van der Waals surface area contributed by atoms with Crippen LogP contribution in [-0.2, 0) is 0 Å². The number of benzene rings is 2. The Balaban J connectivity index is 1.66. The summed E-state index contributed by atoms with van der Waals surface area (Å²) in [6, 6.07) is 17.6. The third-order valence-electron chi connectivity index (χ3n) is 3.02. The Bertz CT molecular complexity index is 813. The molecule has 0 atom stereocenters. The summed E-state index contributed by atoms with van der Waals surface area (Å²) in [7, 11) is 0. The smallest absolute Gasteiger partial charge is 0.302 e. The summed E-state index contributed by atoms with van der Waals surface area (Å²) in [4.78, 5) is 27.9. The Morgan fingerprint density at radius 2 is 1.48 bits per heavy atom. The van der Waals surface area contributed by atoms with Gasteiger partial charge in [0.1, 0.15) is 0 Å². The third-order valence-corrected chi connectivity index (χ3v) is 3.02. The van der Waals surface area contributed by atoms with E-state index in [0.29, 0.717) is 11.3 Å². The fourth-order valence-corrected chi connectivity index (χ4v) is 1.91. The lowest BCUT2D eigenvalue weighted by atomic mass is 10.2. The predicted molar refractivity (Wildman–Crippen MR) is 85.3 cm³/mol. The highest BCUT2D eigenvalue weighted by Gasteiger charge is 2.15. The van der Waals surface area contributed by atoms with Crippen molar-refractivity contribution in [2.24, 2.45) is 0 Å². The van der Waals surface area contributed by atoms with E-state index in [2.05, 4.69) is 15.6 Å². The van der Waals surface area contributed by atoms with Gasteiger partial charge in [0.15, 0.2) is 0 Å². The Morgan fingerprint density at radius 3 is 2.17 bits per heavy atom. The number of anilines is 2. The van der Waals surface area contributed by atoms with E-state index in [0.717, 1.165) is 0 Å². The second-order valence-electron chi connectivity index (χ2n) is 4.67. The van der Waals surface area contributed by atoms with Gasteiger partial charge < -0.3 is 9.73 Å². The van der Waals surface area contributed by atoms with Crippen molar-refractivity contribution in [2.75, 3.05) is 10.6 Å². The van der Waals surface area contributed by atoms with Crippen molar-refractivity contribution < 1.29 is 14.0 Å². The number of carbonyl (C=O) groups is 2. The molecular weight excluding hydrogens is 294 g/mol. The second-order valence-corrected chi connectivity index (χ2v) is 4.67. The van der Waals surface area contributed by atoms with E-state index in [9.17, 15) is 9.59 Å². The van der Waals surface area contributed by atoms with E-state index in [4.69, 9.17) is 4.42 Å². The molecule has 2 amide bonds. The Morgan fingerprint density at radius 1 is 0.826 bits per heavy atom. The molecule has 0 aliphatic heterocycles. The minimum absolute atomic E-state index is 0.0113. The molecule has 1 heterocycles. The van der Waals surface area contributed by atoms with E-state index in [-0.39, 0.29) is 17.7 Å². The number of rotatable bonds is 4. The number of nitrogens with zero attached hydrogens (tertiary/aromatic N) is 1. The number of carbonyl (C=O) groups excluding carboxylic acids is 2. The van der Waals surface area contributed by atoms with Crippen molar-refractivity contribution in [1.82, 2.24) is 4.98 Å². The molecule has 6 heteroatoms. The number of hydrogen-bond donors (Lipinski definition) is 2. The molecule has 6 nitrogen and oxygen atoms in total. The predicted octanol–water partition coefficient (Wildman–Crippen LogP) is 3.18. The zero-order valence-electron chi connectivity index (χ0n) is 12.0. The van der Waals surface area contributed by atoms with Crippen LogP contribution in [0, 0.1) is 0 Å². The van der Waals surface area contributed by atoms with Crippen LogP contribution in [-0.4, -0.2) is 16.8 Å². The van der Waals surface area contributed by atoms with Crippen LogP contribution in [0.4, 0.5) is 11.7 Å². The van der Waals surface area contributed by atoms with Crippen molar-refractivity contribution in [3.63, 3.8) is 0 Å². The first-order valence-electron chi connectivity index (χ1n) is 6.91. The van der Waals surface area contributed by atoms with Crippen molar-refractivity contribution in [3.8, 4) is 0 Å². The van der Waals surface area contributed by atoms with Crippen LogP contribution in [0.25, 0.3) is 0 Å². The van der Waals surface area contributed by atoms with Gasteiger partial charge in [0.05, 0.1) is 6.20 Å². The molecule has 23 heavy (non-hydrogen) atoms. The molecule has 0 radical (unpaired) electrons. The van der Waals surface area contributed by atoms with Gasteiger partial charge >= 0.3 is 6.01 Å². The maximum atomic E-state index is 12.0. The number of nitrogens with one attached hydrogen (secondary N) is 2. The van der Waals surface area contributed by atoms with Crippen LogP contribution in [0.5, 0.6) is 0 Å². The van der Waals surface area contributed by atoms with Crippen LogP contribution >= 0.6 is 0 Å². The molecule has 0 aliphatic rings. The van der Waals surface area contributed by atoms with Crippen molar-refractivity contribution in [1.29, 1.82) is 0 Å². The van der Waals surface area contributed by atoms with E-state index < -0.39 is 5.91 Å². The van der Waals surface area contributed by atoms with Gasteiger partial charge in [-0.3, -0.25) is 14.9 Å². The van der Waals surface area contributed by atoms with E-state index in [1.54, 1.807) is 36.4 Å². The topological polar surface area (TPSA) is 84.2 Å². The van der Waals surface area contributed by atoms with Gasteiger partial charge in [-0.1, -0.05) is 36.4 Å². The molecule has 0 spiro atoms. The number of oxazole rings is 1. The Labute approximate surface area is 132 Å². The zero-order valence-corrected chi connectivity index (χ0v) is 12.0. The van der Waals surface area contributed by atoms with Gasteiger partial charge in [-0.25, -0.2) is 4.98 Å². The second kappa shape index (κ2) is 6.57. The monoisotopic (exact) mass is 307 g/mol. The highest BCUT2D eigenvalue weighted by atomic mass is 16.4. The first-order chi connectivity index (χ1) is 11.2. The van der Waals surface area contributed by atoms with E-state index >= 15 is 0 Å². The van der Waals surface area contributed by atoms with Gasteiger partial charge in [-0.15, -0.1) is 0 Å². The van der Waals surface area contributed by atoms with Gasteiger partial charge in [-0.2, -0.15) is 0 Å². The van der Waals surface area contributed by atoms with Crippen molar-refractivity contribution in [2.45, 2.75) is 0 Å². The standard InChI is InChI=1S/C17H13N3O3/c21-15(12-7-3-1-4-8-12)20-17-18-11-14(23-17)16(22)19-13-9-5-2-6-10-13/h1-11H,(H,19,22)(H,18,20,21). The molecule has 0 saturated heterocycles. The maximum Gasteiger partial charge on any atom is 0.302 e. The first kappa shape index (κ1) is 14.5. The lowest BCUT2D eigenvalue weighted by molar-refractivity contribution is 0.0988. The minimum Gasteiger partial charge on any atom is -0.418 e. The normalized spacial score (nSPS) is 10.1. The number of amides is 2. The van der Waals surface area contributed by atoms with Crippen LogP contribution in [0.3, 0.4) is 0 Å². The average molecular weight is 307 g/mol. The summed E-state index contributed by atoms with van der Waals surface area (Å²) >= 11 is 0. The molecule has 3 aromatic rings. The molecule has 0 saturated carbocycles. The summed E-state index contributed by atoms with van der Waals surface area (Å²) < 4.78 is 5.25. The summed E-state index contributed by atoms with van der Waals surface area (Å²) in [5.41, 5.74) is 1.12. The fourth-order valence-electron chi connectivity index (χ4n) is 1.91. The van der Waals surface area contributed by atoms with Crippen LogP contribution in [0.2, 0.25) is 0 Å². The number of hydrogen-bond acceptors (Lipinski definition) is 4. The summed E-state index contributed by atoms with van der Waals surface area (Å²) in [6.45, 7) is 0. The van der Waals surface area contributed by atoms with Gasteiger partial charge in [0.25, 0.3) is 11.8 Å². The van der Waals surface area contributed by atoms with Gasteiger partial charge in [-0.05, 0) is 24.3 Å². The molecular formula is C17H13N3O3. The van der Waals surface area contributed by atoms with Crippen LogP contribution < -0.4 is 10.6 Å². The molecule has 0 aliphatic carbocycles. The van der Waals surface area contributed by atoms with Crippen molar-refractivity contribution >= 4 is 23.5 Å². The Hall–Kier alpha value is -3.41. The third kappa shape index (κ3) is 3.62. The fraction of sp³-hybridized carbons (Fsp3) is 0. The van der Waals surface area contributed by atoms with Crippen molar-refractivity contribution in [3.05, 3.63) is 78.2 Å². The van der Waals surface area contributed by atoms with E-state index in [1.807, 2.05) is 24.3 Å². The lowest BCUT2D eigenvalue weighted by Crippen LogP contribution is -2.12. The highest BCUT2D eigenvalue weighted by Crippen LogP contribution is 2.13. The zero-order chi connectivity index (χ0) is 16.1. The van der Waals surface area contributed by atoms with E-state index in [1.165, 1.54) is 6.20 Å².